The van der Waals surface area contributed by atoms with Crippen LogP contribution in [0.25, 0.3) is 10.9 Å². The number of hydrogen-bond acceptors (Lipinski definition) is 4. The Morgan fingerprint density at radius 3 is 2.36 bits per heavy atom. The van der Waals surface area contributed by atoms with E-state index in [1.807, 2.05) is 30.5 Å². The monoisotopic (exact) mass is 389 g/mol. The molecular weight excluding hydrogens is 362 g/mol. The Hall–Kier alpha value is -2.87. The van der Waals surface area contributed by atoms with Gasteiger partial charge in [0.25, 0.3) is 0 Å². The van der Waals surface area contributed by atoms with Gasteiger partial charge in [0.1, 0.15) is 12.1 Å². The predicted molar refractivity (Wildman–Crippen MR) is 105 cm³/mol. The highest BCUT2D eigenvalue weighted by Gasteiger charge is 2.25. The summed E-state index contributed by atoms with van der Waals surface area (Å²) in [6.07, 6.45) is 1.83. The molecule has 0 saturated carbocycles. The van der Waals surface area contributed by atoms with Crippen LogP contribution in [0.5, 0.6) is 0 Å². The average Bonchev–Trinajstić information content (AvgIpc) is 2.98. The van der Waals surface area contributed by atoms with Gasteiger partial charge in [-0.15, -0.1) is 0 Å². The second-order valence-electron chi connectivity index (χ2n) is 7.86. The molecule has 0 bridgehead atoms. The zero-order chi connectivity index (χ0) is 21.1. The molecule has 152 valence electrons. The van der Waals surface area contributed by atoms with E-state index in [0.717, 1.165) is 16.5 Å². The number of rotatable bonds is 8. The summed E-state index contributed by atoms with van der Waals surface area (Å²) in [5.41, 5.74) is 7.01. The molecule has 1 aromatic heterocycles. The van der Waals surface area contributed by atoms with E-state index in [2.05, 4.69) is 30.7 Å². The highest BCUT2D eigenvalue weighted by Crippen LogP contribution is 2.28. The Kier molecular flexibility index (Phi) is 6.45. The Morgan fingerprint density at radius 1 is 1.14 bits per heavy atom. The fourth-order valence-corrected chi connectivity index (χ4v) is 3.06. The maximum absolute atomic E-state index is 12.1. The zero-order valence-electron chi connectivity index (χ0n) is 16.3. The lowest BCUT2D eigenvalue weighted by Gasteiger charge is -2.22. The van der Waals surface area contributed by atoms with Gasteiger partial charge in [-0.3, -0.25) is 9.59 Å². The first kappa shape index (κ1) is 21.4. The first-order valence-electron chi connectivity index (χ1n) is 9.10. The normalized spacial score (nSPS) is 13.9. The van der Waals surface area contributed by atoms with E-state index in [1.54, 1.807) is 0 Å². The first-order chi connectivity index (χ1) is 13.0. The van der Waals surface area contributed by atoms with Crippen LogP contribution in [-0.2, 0) is 26.3 Å². The second kappa shape index (κ2) is 8.43. The maximum Gasteiger partial charge on any atom is 0.326 e. The first-order valence-corrected chi connectivity index (χ1v) is 9.10. The Balaban J connectivity index is 2.20. The highest BCUT2D eigenvalue weighted by molar-refractivity contribution is 5.87. The summed E-state index contributed by atoms with van der Waals surface area (Å²) in [6.45, 7) is 6.18. The number of para-hydroxylation sites is 1. The molecular formula is C20H27N3O5. The molecule has 0 saturated heterocycles. The van der Waals surface area contributed by atoms with E-state index in [9.17, 15) is 19.5 Å². The molecule has 0 radical (unpaired) electrons. The third-order valence-corrected chi connectivity index (χ3v) is 4.57. The van der Waals surface area contributed by atoms with Crippen LogP contribution in [0.1, 0.15) is 39.2 Å². The molecule has 5 N–H and O–H groups in total. The van der Waals surface area contributed by atoms with Crippen LogP contribution in [0.3, 0.4) is 0 Å². The molecule has 0 aliphatic rings. The minimum Gasteiger partial charge on any atom is -0.480 e. The molecule has 0 spiro atoms. The highest BCUT2D eigenvalue weighted by atomic mass is 16.4. The summed E-state index contributed by atoms with van der Waals surface area (Å²) in [5, 5.41) is 21.7. The van der Waals surface area contributed by atoms with Gasteiger partial charge in [0.2, 0.25) is 5.91 Å². The second-order valence-corrected chi connectivity index (χ2v) is 7.86. The Morgan fingerprint density at radius 2 is 1.79 bits per heavy atom. The number of carboxylic acids is 2. The van der Waals surface area contributed by atoms with Crippen molar-refractivity contribution in [3.8, 4) is 0 Å². The van der Waals surface area contributed by atoms with Crippen LogP contribution in [0.15, 0.2) is 30.5 Å². The number of carbonyl (C=O) groups excluding carboxylic acids is 1. The lowest BCUT2D eigenvalue weighted by Crippen LogP contribution is -2.43. The number of carboxylic acid groups (broad SMARTS) is 2. The summed E-state index contributed by atoms with van der Waals surface area (Å²) < 4.78 is 2.09. The van der Waals surface area contributed by atoms with Gasteiger partial charge in [0.05, 0.1) is 0 Å². The van der Waals surface area contributed by atoms with E-state index in [0.29, 0.717) is 0 Å². The molecule has 2 atom stereocenters. The number of amides is 1. The van der Waals surface area contributed by atoms with Crippen LogP contribution in [0, 0.1) is 0 Å². The molecule has 1 amide bonds. The summed E-state index contributed by atoms with van der Waals surface area (Å²) >= 11 is 0. The van der Waals surface area contributed by atoms with E-state index in [4.69, 9.17) is 10.8 Å². The molecule has 2 aromatic rings. The van der Waals surface area contributed by atoms with Gasteiger partial charge in [0, 0.05) is 35.5 Å². The van der Waals surface area contributed by atoms with Crippen LogP contribution in [0.2, 0.25) is 0 Å². The van der Waals surface area contributed by atoms with Crippen molar-refractivity contribution in [1.29, 1.82) is 0 Å². The number of nitrogens with one attached hydrogen (secondary N) is 1. The maximum atomic E-state index is 12.1. The number of benzene rings is 1. The molecule has 8 nitrogen and oxygen atoms in total. The van der Waals surface area contributed by atoms with Gasteiger partial charge in [-0.05, 0) is 38.8 Å². The SMILES string of the molecule is CC(C)(C)n1cc(CC(NC(=O)CCC(N)C(=O)O)C(=O)O)c2ccccc21. The Labute approximate surface area is 163 Å². The van der Waals surface area contributed by atoms with Crippen molar-refractivity contribution in [1.82, 2.24) is 9.88 Å². The summed E-state index contributed by atoms with van der Waals surface area (Å²) in [7, 11) is 0. The average molecular weight is 389 g/mol. The van der Waals surface area contributed by atoms with Crippen LogP contribution in [-0.4, -0.2) is 44.7 Å². The molecule has 0 aliphatic carbocycles. The van der Waals surface area contributed by atoms with E-state index < -0.39 is 29.9 Å². The van der Waals surface area contributed by atoms with Gasteiger partial charge in [0.15, 0.2) is 0 Å². The quantitative estimate of drug-likeness (QED) is 0.543. The zero-order valence-corrected chi connectivity index (χ0v) is 16.3. The number of carbonyl (C=O) groups is 3. The minimum atomic E-state index is -1.20. The van der Waals surface area contributed by atoms with E-state index >= 15 is 0 Å². The van der Waals surface area contributed by atoms with Gasteiger partial charge in [-0.1, -0.05) is 18.2 Å². The van der Waals surface area contributed by atoms with Crippen molar-refractivity contribution < 1.29 is 24.6 Å². The molecule has 28 heavy (non-hydrogen) atoms. The van der Waals surface area contributed by atoms with E-state index in [-0.39, 0.29) is 24.8 Å². The molecule has 0 fully saturated rings. The molecule has 1 aromatic carbocycles. The lowest BCUT2D eigenvalue weighted by molar-refractivity contribution is -0.142. The van der Waals surface area contributed by atoms with E-state index in [1.165, 1.54) is 0 Å². The van der Waals surface area contributed by atoms with Crippen LogP contribution in [0.4, 0.5) is 0 Å². The fourth-order valence-electron chi connectivity index (χ4n) is 3.06. The van der Waals surface area contributed by atoms with Crippen molar-refractivity contribution >= 4 is 28.7 Å². The number of fused-ring (bicyclic) bond motifs is 1. The van der Waals surface area contributed by atoms with Crippen LogP contribution < -0.4 is 11.1 Å². The number of aliphatic carboxylic acids is 2. The van der Waals surface area contributed by atoms with Crippen molar-refractivity contribution in [3.05, 3.63) is 36.0 Å². The van der Waals surface area contributed by atoms with Crippen LogP contribution >= 0.6 is 0 Å². The smallest absolute Gasteiger partial charge is 0.326 e. The van der Waals surface area contributed by atoms with Gasteiger partial charge in [-0.25, -0.2) is 4.79 Å². The number of nitrogens with zero attached hydrogens (tertiary/aromatic N) is 1. The van der Waals surface area contributed by atoms with Crippen molar-refractivity contribution in [2.24, 2.45) is 5.73 Å². The molecule has 0 aliphatic heterocycles. The van der Waals surface area contributed by atoms with Crippen molar-refractivity contribution in [2.75, 3.05) is 0 Å². The lowest BCUT2D eigenvalue weighted by atomic mass is 10.0. The summed E-state index contributed by atoms with van der Waals surface area (Å²) in [5.74, 6) is -2.88. The third kappa shape index (κ3) is 5.10. The van der Waals surface area contributed by atoms with Gasteiger partial charge in [-0.2, -0.15) is 0 Å². The van der Waals surface area contributed by atoms with Crippen molar-refractivity contribution in [3.63, 3.8) is 0 Å². The number of aromatic nitrogens is 1. The summed E-state index contributed by atoms with van der Waals surface area (Å²) in [6, 6.07) is 5.45. The number of nitrogens with two attached hydrogens (primary N) is 1. The summed E-state index contributed by atoms with van der Waals surface area (Å²) in [4.78, 5) is 34.5. The van der Waals surface area contributed by atoms with Gasteiger partial charge >= 0.3 is 11.9 Å². The topological polar surface area (TPSA) is 135 Å². The standard InChI is InChI=1S/C20H27N3O5/c1-20(2,3)23-11-12(13-6-4-5-7-16(13)23)10-15(19(27)28)22-17(24)9-8-14(21)18(25)26/h4-7,11,14-15H,8-10,21H2,1-3H3,(H,22,24)(H,25,26)(H,27,28). The Bertz CT molecular complexity index is 882. The molecule has 1 heterocycles. The van der Waals surface area contributed by atoms with Gasteiger partial charge < -0.3 is 25.8 Å². The third-order valence-electron chi connectivity index (χ3n) is 4.57. The molecule has 8 heteroatoms. The largest absolute Gasteiger partial charge is 0.480 e. The number of hydrogen-bond donors (Lipinski definition) is 4. The van der Waals surface area contributed by atoms with Crippen molar-refractivity contribution in [2.45, 2.75) is 57.7 Å². The fraction of sp³-hybridized carbons (Fsp3) is 0.450. The molecule has 2 rings (SSSR count). The minimum absolute atomic E-state index is 0.0587. The predicted octanol–water partition coefficient (Wildman–Crippen LogP) is 1.70. The molecule has 2 unspecified atom stereocenters.